The van der Waals surface area contributed by atoms with Gasteiger partial charge in [-0.25, -0.2) is 9.59 Å². The fraction of sp³-hybridized carbons (Fsp3) is 0.600. The van der Waals surface area contributed by atoms with E-state index in [2.05, 4.69) is 15.4 Å². The molecule has 0 heterocycles. The van der Waals surface area contributed by atoms with Gasteiger partial charge >= 0.3 is 12.1 Å². The monoisotopic (exact) mass is 371 g/mol. The van der Waals surface area contributed by atoms with E-state index >= 15 is 0 Å². The zero-order valence-corrected chi connectivity index (χ0v) is 12.6. The third-order valence-electron chi connectivity index (χ3n) is 2.30. The summed E-state index contributed by atoms with van der Waals surface area (Å²) in [6, 6.07) is -1.14. The summed E-state index contributed by atoms with van der Waals surface area (Å²) >= 11 is 1.86. The van der Waals surface area contributed by atoms with Gasteiger partial charge in [0.2, 0.25) is 0 Å². The average Bonchev–Trinajstić information content (AvgIpc) is 2.33. The lowest BCUT2D eigenvalue weighted by Gasteiger charge is -2.22. The molecule has 0 radical (unpaired) electrons. The molecule has 0 aromatic carbocycles. The second-order valence-electron chi connectivity index (χ2n) is 3.55. The van der Waals surface area contributed by atoms with Crippen molar-refractivity contribution in [1.29, 1.82) is 0 Å². The lowest BCUT2D eigenvalue weighted by Crippen LogP contribution is -2.52. The molecule has 8 heteroatoms. The maximum atomic E-state index is 11.0. The highest BCUT2D eigenvalue weighted by atomic mass is 127. The topological polar surface area (TPSA) is 114 Å². The normalized spacial score (nSPS) is 15.1. The maximum Gasteiger partial charge on any atom is 0.407 e. The van der Waals surface area contributed by atoms with Crippen LogP contribution in [0.3, 0.4) is 0 Å². The molecule has 0 saturated heterocycles. The molecule has 0 spiro atoms. The van der Waals surface area contributed by atoms with Crippen molar-refractivity contribution in [3.63, 3.8) is 0 Å². The van der Waals surface area contributed by atoms with Crippen molar-refractivity contribution in [3.05, 3.63) is 11.4 Å². The minimum atomic E-state index is -1.17. The van der Waals surface area contributed by atoms with Crippen molar-refractivity contribution in [2.75, 3.05) is 7.11 Å². The summed E-state index contributed by atoms with van der Waals surface area (Å²) in [5.74, 6) is -0.760. The van der Waals surface area contributed by atoms with Crippen LogP contribution >= 0.6 is 22.6 Å². The number of hydrogen-bond acceptors (Lipinski definition) is 5. The Kier molecular flexibility index (Phi) is 7.48. The molecular formula is C10H18IN3O4. The van der Waals surface area contributed by atoms with Crippen LogP contribution in [0.1, 0.15) is 20.3 Å². The SMILES string of the molecule is CC/C(C)=C(\N)NC(I)C(NC(=O)OC)C(=O)O. The molecule has 5 N–H and O–H groups in total. The first-order valence-corrected chi connectivity index (χ1v) is 6.51. The number of carbonyl (C=O) groups excluding carboxylic acids is 1. The van der Waals surface area contributed by atoms with Crippen LogP contribution in [0.2, 0.25) is 0 Å². The number of amides is 1. The number of alkyl halides is 1. The standard InChI is InChI=1S/C10H18IN3O4/c1-4-5(2)8(12)14-7(11)6(9(15)16)13-10(17)18-3/h6-7,14H,4,12H2,1-3H3,(H,13,17)(H,15,16)/b8-5+. The zero-order chi connectivity index (χ0) is 14.3. The molecular weight excluding hydrogens is 353 g/mol. The Bertz CT molecular complexity index is 346. The van der Waals surface area contributed by atoms with Crippen molar-refractivity contribution in [2.24, 2.45) is 5.73 Å². The number of alkyl carbamates (subject to hydrolysis) is 1. The molecule has 0 aliphatic rings. The van der Waals surface area contributed by atoms with Crippen LogP contribution in [0.5, 0.6) is 0 Å². The van der Waals surface area contributed by atoms with E-state index in [1.165, 1.54) is 7.11 Å². The van der Waals surface area contributed by atoms with Gasteiger partial charge in [-0.3, -0.25) is 0 Å². The number of nitrogens with one attached hydrogen (secondary N) is 2. The van der Waals surface area contributed by atoms with E-state index < -0.39 is 22.2 Å². The minimum absolute atomic E-state index is 0.412. The van der Waals surface area contributed by atoms with E-state index in [9.17, 15) is 9.59 Å². The molecule has 2 unspecified atom stereocenters. The number of nitrogens with two attached hydrogens (primary N) is 1. The molecule has 0 saturated carbocycles. The molecule has 0 aromatic rings. The average molecular weight is 371 g/mol. The summed E-state index contributed by atoms with van der Waals surface area (Å²) in [5.41, 5.74) is 6.67. The largest absolute Gasteiger partial charge is 0.480 e. The highest BCUT2D eigenvalue weighted by molar-refractivity contribution is 14.1. The molecule has 0 aromatic heterocycles. The molecule has 0 bridgehead atoms. The van der Waals surface area contributed by atoms with Crippen molar-refractivity contribution < 1.29 is 19.4 Å². The second-order valence-corrected chi connectivity index (χ2v) is 4.89. The quantitative estimate of drug-likeness (QED) is 0.311. The molecule has 2 atom stereocenters. The molecule has 0 fully saturated rings. The highest BCUT2D eigenvalue weighted by Crippen LogP contribution is 2.08. The van der Waals surface area contributed by atoms with Gasteiger partial charge in [0.05, 0.1) is 12.9 Å². The van der Waals surface area contributed by atoms with Crippen molar-refractivity contribution in [2.45, 2.75) is 30.4 Å². The van der Waals surface area contributed by atoms with Gasteiger partial charge in [-0.15, -0.1) is 0 Å². The Hall–Kier alpha value is -1.19. The molecule has 0 rings (SSSR count). The Morgan fingerprint density at radius 2 is 2.00 bits per heavy atom. The minimum Gasteiger partial charge on any atom is -0.480 e. The van der Waals surface area contributed by atoms with Crippen LogP contribution in [0.4, 0.5) is 4.79 Å². The fourth-order valence-electron chi connectivity index (χ4n) is 0.992. The van der Waals surface area contributed by atoms with Gasteiger partial charge in [0.1, 0.15) is 4.05 Å². The number of ether oxygens (including phenoxy) is 1. The second kappa shape index (κ2) is 8.01. The Labute approximate surface area is 119 Å². The third kappa shape index (κ3) is 5.43. The van der Waals surface area contributed by atoms with Gasteiger partial charge in [-0.05, 0) is 18.9 Å². The van der Waals surface area contributed by atoms with E-state index in [-0.39, 0.29) is 0 Å². The number of carboxylic acid groups (broad SMARTS) is 1. The van der Waals surface area contributed by atoms with Gasteiger partial charge in [-0.1, -0.05) is 29.5 Å². The number of halogens is 1. The lowest BCUT2D eigenvalue weighted by molar-refractivity contribution is -0.139. The Balaban J connectivity index is 4.73. The molecule has 18 heavy (non-hydrogen) atoms. The summed E-state index contributed by atoms with van der Waals surface area (Å²) in [5, 5.41) is 14.1. The van der Waals surface area contributed by atoms with Gasteiger partial charge in [0.25, 0.3) is 0 Å². The van der Waals surface area contributed by atoms with Crippen LogP contribution in [0.15, 0.2) is 11.4 Å². The summed E-state index contributed by atoms with van der Waals surface area (Å²) in [6.07, 6.45) is -0.0506. The number of allylic oxidation sites excluding steroid dienone is 1. The number of carbonyl (C=O) groups is 2. The lowest BCUT2D eigenvalue weighted by atomic mass is 10.2. The van der Waals surface area contributed by atoms with Crippen molar-refractivity contribution in [1.82, 2.24) is 10.6 Å². The van der Waals surface area contributed by atoms with Crippen LogP contribution in [0, 0.1) is 0 Å². The first-order valence-electron chi connectivity index (χ1n) is 5.26. The first-order chi connectivity index (χ1) is 8.33. The molecule has 0 aliphatic carbocycles. The van der Waals surface area contributed by atoms with Gasteiger partial charge < -0.3 is 26.2 Å². The van der Waals surface area contributed by atoms with E-state index in [0.29, 0.717) is 5.82 Å². The number of carboxylic acids is 1. The number of hydrogen-bond donors (Lipinski definition) is 4. The predicted molar refractivity (Wildman–Crippen MR) is 75.1 cm³/mol. The first kappa shape index (κ1) is 16.8. The molecule has 104 valence electrons. The molecule has 7 nitrogen and oxygen atoms in total. The van der Waals surface area contributed by atoms with Gasteiger partial charge in [-0.2, -0.15) is 0 Å². The van der Waals surface area contributed by atoms with E-state index in [0.717, 1.165) is 12.0 Å². The van der Waals surface area contributed by atoms with Gasteiger partial charge in [0.15, 0.2) is 6.04 Å². The van der Waals surface area contributed by atoms with Crippen LogP contribution in [-0.4, -0.2) is 34.4 Å². The third-order valence-corrected chi connectivity index (χ3v) is 3.33. The number of rotatable bonds is 6. The van der Waals surface area contributed by atoms with Gasteiger partial charge in [0, 0.05) is 0 Å². The number of methoxy groups -OCH3 is 1. The van der Waals surface area contributed by atoms with Crippen LogP contribution < -0.4 is 16.4 Å². The fourth-order valence-corrected chi connectivity index (χ4v) is 1.81. The Morgan fingerprint density at radius 1 is 1.44 bits per heavy atom. The van der Waals surface area contributed by atoms with Crippen molar-refractivity contribution >= 4 is 34.7 Å². The van der Waals surface area contributed by atoms with E-state index in [1.807, 2.05) is 36.4 Å². The molecule has 0 aliphatic heterocycles. The summed E-state index contributed by atoms with van der Waals surface area (Å²) in [6.45, 7) is 3.78. The van der Waals surface area contributed by atoms with Crippen molar-refractivity contribution in [3.8, 4) is 0 Å². The predicted octanol–water partition coefficient (Wildman–Crippen LogP) is 0.746. The smallest absolute Gasteiger partial charge is 0.407 e. The zero-order valence-electron chi connectivity index (χ0n) is 10.5. The Morgan fingerprint density at radius 3 is 2.39 bits per heavy atom. The van der Waals surface area contributed by atoms with E-state index in [4.69, 9.17) is 10.8 Å². The summed E-state index contributed by atoms with van der Waals surface area (Å²) in [7, 11) is 1.17. The maximum absolute atomic E-state index is 11.0. The van der Waals surface area contributed by atoms with E-state index in [1.54, 1.807) is 0 Å². The highest BCUT2D eigenvalue weighted by Gasteiger charge is 2.28. The summed E-state index contributed by atoms with van der Waals surface area (Å²) in [4.78, 5) is 22.1. The van der Waals surface area contributed by atoms with Crippen LogP contribution in [0.25, 0.3) is 0 Å². The molecule has 1 amide bonds. The van der Waals surface area contributed by atoms with Crippen LogP contribution in [-0.2, 0) is 9.53 Å². The summed E-state index contributed by atoms with van der Waals surface area (Å²) < 4.78 is 3.77. The number of aliphatic carboxylic acids is 1.